The standard InChI is InChI=1S/C11H9FN2OS/c1-2-11-13-10(14-15-11)7-16-9-6-4-3-5-8(9)12/h2-6H,1,7H2. The molecule has 0 unspecified atom stereocenters. The molecule has 1 aromatic carbocycles. The summed E-state index contributed by atoms with van der Waals surface area (Å²) >= 11 is 1.33. The number of rotatable bonds is 4. The summed E-state index contributed by atoms with van der Waals surface area (Å²) in [6, 6.07) is 6.59. The molecule has 0 aliphatic carbocycles. The Morgan fingerprint density at radius 1 is 1.44 bits per heavy atom. The smallest absolute Gasteiger partial charge is 0.250 e. The van der Waals surface area contributed by atoms with Crippen LogP contribution >= 0.6 is 11.8 Å². The molecule has 0 saturated carbocycles. The SMILES string of the molecule is C=Cc1nc(CSc2ccccc2F)no1. The lowest BCUT2D eigenvalue weighted by Crippen LogP contribution is -1.85. The number of aromatic nitrogens is 2. The topological polar surface area (TPSA) is 38.9 Å². The fraction of sp³-hybridized carbons (Fsp3) is 0.0909. The first-order chi connectivity index (χ1) is 7.79. The maximum absolute atomic E-state index is 13.3. The molecular formula is C11H9FN2OS. The predicted octanol–water partition coefficient (Wildman–Crippen LogP) is 3.14. The average Bonchev–Trinajstić information content (AvgIpc) is 2.76. The van der Waals surface area contributed by atoms with E-state index in [4.69, 9.17) is 4.52 Å². The van der Waals surface area contributed by atoms with Crippen molar-refractivity contribution in [3.8, 4) is 0 Å². The van der Waals surface area contributed by atoms with Gasteiger partial charge in [0.1, 0.15) is 5.82 Å². The Hall–Kier alpha value is -1.62. The second kappa shape index (κ2) is 4.94. The van der Waals surface area contributed by atoms with Crippen LogP contribution in [-0.4, -0.2) is 10.1 Å². The number of halogens is 1. The maximum atomic E-state index is 13.3. The van der Waals surface area contributed by atoms with E-state index in [9.17, 15) is 4.39 Å². The molecule has 0 bridgehead atoms. The zero-order valence-corrected chi connectivity index (χ0v) is 9.21. The first-order valence-electron chi connectivity index (χ1n) is 4.62. The van der Waals surface area contributed by atoms with Crippen molar-refractivity contribution in [3.63, 3.8) is 0 Å². The van der Waals surface area contributed by atoms with E-state index in [-0.39, 0.29) is 5.82 Å². The van der Waals surface area contributed by atoms with Crippen LogP contribution < -0.4 is 0 Å². The Kier molecular flexibility index (Phi) is 3.36. The minimum absolute atomic E-state index is 0.236. The van der Waals surface area contributed by atoms with Crippen LogP contribution in [0.2, 0.25) is 0 Å². The van der Waals surface area contributed by atoms with Crippen molar-refractivity contribution in [3.05, 3.63) is 48.4 Å². The van der Waals surface area contributed by atoms with Gasteiger partial charge in [-0.05, 0) is 18.2 Å². The number of thioether (sulfide) groups is 1. The third-order valence-corrected chi connectivity index (χ3v) is 2.90. The summed E-state index contributed by atoms with van der Waals surface area (Å²) in [5.74, 6) is 1.14. The molecular weight excluding hydrogens is 227 g/mol. The van der Waals surface area contributed by atoms with Crippen molar-refractivity contribution < 1.29 is 8.91 Å². The van der Waals surface area contributed by atoms with E-state index in [1.54, 1.807) is 18.2 Å². The zero-order chi connectivity index (χ0) is 11.4. The highest BCUT2D eigenvalue weighted by molar-refractivity contribution is 7.98. The van der Waals surface area contributed by atoms with Crippen LogP contribution in [0.4, 0.5) is 4.39 Å². The van der Waals surface area contributed by atoms with Gasteiger partial charge in [0.2, 0.25) is 5.89 Å². The highest BCUT2D eigenvalue weighted by Crippen LogP contribution is 2.24. The van der Waals surface area contributed by atoms with Crippen molar-refractivity contribution in [2.75, 3.05) is 0 Å². The van der Waals surface area contributed by atoms with E-state index in [0.29, 0.717) is 22.4 Å². The normalized spacial score (nSPS) is 10.3. The Bertz CT molecular complexity index is 498. The van der Waals surface area contributed by atoms with Gasteiger partial charge < -0.3 is 4.52 Å². The van der Waals surface area contributed by atoms with Gasteiger partial charge in [-0.15, -0.1) is 11.8 Å². The number of hydrogen-bond donors (Lipinski definition) is 0. The van der Waals surface area contributed by atoms with Gasteiger partial charge in [0.05, 0.1) is 5.75 Å². The maximum Gasteiger partial charge on any atom is 0.250 e. The molecule has 0 atom stereocenters. The molecule has 0 fully saturated rings. The molecule has 0 spiro atoms. The predicted molar refractivity (Wildman–Crippen MR) is 60.4 cm³/mol. The summed E-state index contributed by atoms with van der Waals surface area (Å²) in [4.78, 5) is 4.61. The summed E-state index contributed by atoms with van der Waals surface area (Å²) in [5.41, 5.74) is 0. The quantitative estimate of drug-likeness (QED) is 0.764. The van der Waals surface area contributed by atoms with Crippen molar-refractivity contribution in [2.45, 2.75) is 10.6 Å². The molecule has 0 saturated heterocycles. The van der Waals surface area contributed by atoms with Gasteiger partial charge in [-0.1, -0.05) is 23.9 Å². The molecule has 1 aromatic heterocycles. The Balaban J connectivity index is 2.02. The molecule has 0 N–H and O–H groups in total. The largest absolute Gasteiger partial charge is 0.335 e. The van der Waals surface area contributed by atoms with E-state index >= 15 is 0 Å². The highest BCUT2D eigenvalue weighted by atomic mass is 32.2. The van der Waals surface area contributed by atoms with Gasteiger partial charge in [0.25, 0.3) is 0 Å². The molecule has 0 aliphatic heterocycles. The number of nitrogens with zero attached hydrogens (tertiary/aromatic N) is 2. The summed E-state index contributed by atoms with van der Waals surface area (Å²) in [6.07, 6.45) is 1.48. The summed E-state index contributed by atoms with van der Waals surface area (Å²) in [5, 5.41) is 3.73. The van der Waals surface area contributed by atoms with Crippen LogP contribution in [0.5, 0.6) is 0 Å². The van der Waals surface area contributed by atoms with E-state index in [1.165, 1.54) is 23.9 Å². The van der Waals surface area contributed by atoms with Gasteiger partial charge >= 0.3 is 0 Å². The van der Waals surface area contributed by atoms with Crippen LogP contribution in [0.25, 0.3) is 6.08 Å². The molecule has 0 aliphatic rings. The summed E-state index contributed by atoms with van der Waals surface area (Å²) < 4.78 is 18.1. The molecule has 2 rings (SSSR count). The second-order valence-electron chi connectivity index (χ2n) is 2.97. The van der Waals surface area contributed by atoms with E-state index in [1.807, 2.05) is 0 Å². The Labute approximate surface area is 96.4 Å². The molecule has 2 aromatic rings. The van der Waals surface area contributed by atoms with E-state index in [0.717, 1.165) is 0 Å². The van der Waals surface area contributed by atoms with Gasteiger partial charge in [-0.2, -0.15) is 4.98 Å². The Morgan fingerprint density at radius 2 is 2.25 bits per heavy atom. The molecule has 3 nitrogen and oxygen atoms in total. The molecule has 0 amide bonds. The van der Waals surface area contributed by atoms with E-state index < -0.39 is 0 Å². The molecule has 0 radical (unpaired) electrons. The number of benzene rings is 1. The van der Waals surface area contributed by atoms with E-state index in [2.05, 4.69) is 16.7 Å². The minimum atomic E-state index is -0.236. The van der Waals surface area contributed by atoms with Gasteiger partial charge in [0.15, 0.2) is 5.82 Å². The monoisotopic (exact) mass is 236 g/mol. The second-order valence-corrected chi connectivity index (χ2v) is 3.99. The van der Waals surface area contributed by atoms with Crippen molar-refractivity contribution in [2.24, 2.45) is 0 Å². The van der Waals surface area contributed by atoms with Crippen molar-refractivity contribution in [1.29, 1.82) is 0 Å². The first kappa shape index (κ1) is 10.9. The van der Waals surface area contributed by atoms with Gasteiger partial charge in [0, 0.05) is 4.90 Å². The summed E-state index contributed by atoms with van der Waals surface area (Å²) in [6.45, 7) is 3.51. The first-order valence-corrected chi connectivity index (χ1v) is 5.60. The van der Waals surface area contributed by atoms with Gasteiger partial charge in [-0.25, -0.2) is 4.39 Å². The lowest BCUT2D eigenvalue weighted by molar-refractivity contribution is 0.405. The van der Waals surface area contributed by atoms with Crippen molar-refractivity contribution in [1.82, 2.24) is 10.1 Å². The molecule has 82 valence electrons. The Morgan fingerprint density at radius 3 is 2.94 bits per heavy atom. The minimum Gasteiger partial charge on any atom is -0.335 e. The van der Waals surface area contributed by atoms with Crippen LogP contribution in [-0.2, 0) is 5.75 Å². The third kappa shape index (κ3) is 2.49. The molecule has 5 heteroatoms. The molecule has 1 heterocycles. The lowest BCUT2D eigenvalue weighted by Gasteiger charge is -1.98. The lowest BCUT2D eigenvalue weighted by atomic mass is 10.3. The average molecular weight is 236 g/mol. The highest BCUT2D eigenvalue weighted by Gasteiger charge is 2.06. The number of hydrogen-bond acceptors (Lipinski definition) is 4. The van der Waals surface area contributed by atoms with Crippen LogP contribution in [0.1, 0.15) is 11.7 Å². The van der Waals surface area contributed by atoms with Crippen molar-refractivity contribution >= 4 is 17.8 Å². The third-order valence-electron chi connectivity index (χ3n) is 1.85. The van der Waals surface area contributed by atoms with Gasteiger partial charge in [-0.3, -0.25) is 0 Å². The summed E-state index contributed by atoms with van der Waals surface area (Å²) in [7, 11) is 0. The molecule has 16 heavy (non-hydrogen) atoms. The zero-order valence-electron chi connectivity index (χ0n) is 8.39. The van der Waals surface area contributed by atoms with Crippen LogP contribution in [0.3, 0.4) is 0 Å². The fourth-order valence-corrected chi connectivity index (χ4v) is 1.90. The van der Waals surface area contributed by atoms with Crippen LogP contribution in [0, 0.1) is 5.82 Å². The van der Waals surface area contributed by atoms with Crippen LogP contribution in [0.15, 0.2) is 40.3 Å². The fourth-order valence-electron chi connectivity index (χ4n) is 1.11.